The van der Waals surface area contributed by atoms with E-state index in [0.29, 0.717) is 0 Å². The highest BCUT2D eigenvalue weighted by molar-refractivity contribution is 6.00. The molecule has 0 N–H and O–H groups in total. The van der Waals surface area contributed by atoms with Crippen LogP contribution in [0.4, 0.5) is 0 Å². The molecular formula is C17H13NO. The second-order valence-corrected chi connectivity index (χ2v) is 5.03. The molecule has 0 aromatic heterocycles. The third-order valence-electron chi connectivity index (χ3n) is 4.00. The van der Waals surface area contributed by atoms with E-state index in [9.17, 15) is 4.79 Å². The van der Waals surface area contributed by atoms with Crippen LogP contribution >= 0.6 is 0 Å². The van der Waals surface area contributed by atoms with Crippen molar-refractivity contribution in [3.8, 4) is 0 Å². The van der Waals surface area contributed by atoms with Gasteiger partial charge in [-0.2, -0.15) is 0 Å². The summed E-state index contributed by atoms with van der Waals surface area (Å²) in [5.41, 5.74) is 4.50. The fourth-order valence-corrected chi connectivity index (χ4v) is 3.04. The van der Waals surface area contributed by atoms with E-state index in [4.69, 9.17) is 0 Å². The first-order chi connectivity index (χ1) is 9.34. The Morgan fingerprint density at radius 2 is 1.79 bits per heavy atom. The number of benzene rings is 2. The van der Waals surface area contributed by atoms with Crippen LogP contribution in [0.1, 0.15) is 33.1 Å². The van der Waals surface area contributed by atoms with E-state index in [1.807, 2.05) is 41.4 Å². The van der Waals surface area contributed by atoms with Gasteiger partial charge in [0.15, 0.2) is 0 Å². The third kappa shape index (κ3) is 1.46. The predicted molar refractivity (Wildman–Crippen MR) is 74.5 cm³/mol. The smallest absolute Gasteiger partial charge is 0.258 e. The van der Waals surface area contributed by atoms with Crippen molar-refractivity contribution in [1.82, 2.24) is 4.90 Å². The fourth-order valence-electron chi connectivity index (χ4n) is 3.04. The normalized spacial score (nSPS) is 19.7. The van der Waals surface area contributed by atoms with Crippen LogP contribution in [-0.4, -0.2) is 10.8 Å². The molecule has 0 bridgehead atoms. The van der Waals surface area contributed by atoms with Crippen molar-refractivity contribution in [2.75, 3.05) is 0 Å². The Morgan fingerprint density at radius 1 is 1.00 bits per heavy atom. The number of rotatable bonds is 0. The number of hydrogen-bond donors (Lipinski definition) is 0. The lowest BCUT2D eigenvalue weighted by molar-refractivity contribution is 0.0809. The molecule has 19 heavy (non-hydrogen) atoms. The maximum Gasteiger partial charge on any atom is 0.258 e. The maximum absolute atomic E-state index is 12.4. The average molecular weight is 247 g/mol. The van der Waals surface area contributed by atoms with E-state index in [-0.39, 0.29) is 11.9 Å². The van der Waals surface area contributed by atoms with Gasteiger partial charge in [0.2, 0.25) is 0 Å². The van der Waals surface area contributed by atoms with Gasteiger partial charge in [0.25, 0.3) is 5.91 Å². The summed E-state index contributed by atoms with van der Waals surface area (Å²) in [7, 11) is 0. The van der Waals surface area contributed by atoms with Gasteiger partial charge in [0.05, 0.1) is 6.04 Å². The Morgan fingerprint density at radius 3 is 2.74 bits per heavy atom. The van der Waals surface area contributed by atoms with Crippen molar-refractivity contribution in [3.05, 3.63) is 77.0 Å². The van der Waals surface area contributed by atoms with Crippen LogP contribution in [0.15, 0.2) is 54.7 Å². The largest absolute Gasteiger partial charge is 0.307 e. The van der Waals surface area contributed by atoms with Crippen LogP contribution in [-0.2, 0) is 6.42 Å². The van der Waals surface area contributed by atoms with E-state index in [2.05, 4.69) is 24.3 Å². The molecule has 0 radical (unpaired) electrons. The summed E-state index contributed by atoms with van der Waals surface area (Å²) >= 11 is 0. The van der Waals surface area contributed by atoms with E-state index in [1.165, 1.54) is 11.1 Å². The van der Waals surface area contributed by atoms with Crippen LogP contribution in [0.25, 0.3) is 6.08 Å². The first kappa shape index (κ1) is 10.6. The highest BCUT2D eigenvalue weighted by atomic mass is 16.2. The van der Waals surface area contributed by atoms with Gasteiger partial charge in [-0.3, -0.25) is 4.79 Å². The number of carbonyl (C=O) groups is 1. The molecule has 0 aliphatic carbocycles. The van der Waals surface area contributed by atoms with E-state index in [0.717, 1.165) is 17.5 Å². The molecule has 2 nitrogen and oxygen atoms in total. The second kappa shape index (κ2) is 3.82. The predicted octanol–water partition coefficient (Wildman–Crippen LogP) is 3.41. The SMILES string of the molecule is O=C1c2ccccc2C2Cc3ccccc3C=CN12. The molecule has 92 valence electrons. The van der Waals surface area contributed by atoms with Gasteiger partial charge in [-0.1, -0.05) is 42.5 Å². The monoisotopic (exact) mass is 247 g/mol. The van der Waals surface area contributed by atoms with Crippen molar-refractivity contribution in [2.45, 2.75) is 12.5 Å². The zero-order chi connectivity index (χ0) is 12.8. The lowest BCUT2D eigenvalue weighted by Gasteiger charge is -2.20. The summed E-state index contributed by atoms with van der Waals surface area (Å²) in [5, 5.41) is 0. The topological polar surface area (TPSA) is 20.3 Å². The molecule has 2 aromatic rings. The average Bonchev–Trinajstić information content (AvgIpc) is 2.63. The molecule has 1 amide bonds. The zero-order valence-corrected chi connectivity index (χ0v) is 10.4. The van der Waals surface area contributed by atoms with Gasteiger partial charge in [-0.05, 0) is 35.3 Å². The first-order valence-corrected chi connectivity index (χ1v) is 6.52. The third-order valence-corrected chi connectivity index (χ3v) is 4.00. The van der Waals surface area contributed by atoms with Crippen molar-refractivity contribution in [2.24, 2.45) is 0 Å². The number of hydrogen-bond acceptors (Lipinski definition) is 1. The Hall–Kier alpha value is -2.35. The summed E-state index contributed by atoms with van der Waals surface area (Å²) in [6.07, 6.45) is 4.85. The molecule has 2 aromatic carbocycles. The molecule has 1 atom stereocenters. The summed E-state index contributed by atoms with van der Waals surface area (Å²) in [6, 6.07) is 16.4. The van der Waals surface area contributed by atoms with E-state index in [1.54, 1.807) is 0 Å². The summed E-state index contributed by atoms with van der Waals surface area (Å²) in [4.78, 5) is 14.3. The highest BCUT2D eigenvalue weighted by Crippen LogP contribution is 2.38. The molecule has 2 heterocycles. The molecule has 0 saturated carbocycles. The number of nitrogens with zero attached hydrogens (tertiary/aromatic N) is 1. The highest BCUT2D eigenvalue weighted by Gasteiger charge is 2.36. The van der Waals surface area contributed by atoms with Gasteiger partial charge in [0, 0.05) is 11.8 Å². The van der Waals surface area contributed by atoms with Crippen LogP contribution in [0.3, 0.4) is 0 Å². The standard InChI is InChI=1S/C17H13NO/c19-17-15-8-4-3-7-14(15)16-11-13-6-2-1-5-12(13)9-10-18(16)17/h1-10,16H,11H2. The number of amides is 1. The molecule has 2 aliphatic rings. The van der Waals surface area contributed by atoms with Crippen LogP contribution in [0.2, 0.25) is 0 Å². The van der Waals surface area contributed by atoms with Gasteiger partial charge in [0.1, 0.15) is 0 Å². The Kier molecular flexibility index (Phi) is 2.12. The van der Waals surface area contributed by atoms with Gasteiger partial charge >= 0.3 is 0 Å². The van der Waals surface area contributed by atoms with Gasteiger partial charge < -0.3 is 4.90 Å². The molecule has 1 unspecified atom stereocenters. The van der Waals surface area contributed by atoms with Crippen LogP contribution < -0.4 is 0 Å². The molecular weight excluding hydrogens is 234 g/mol. The Bertz CT molecular complexity index is 702. The summed E-state index contributed by atoms with van der Waals surface area (Å²) in [6.45, 7) is 0. The zero-order valence-electron chi connectivity index (χ0n) is 10.4. The second-order valence-electron chi connectivity index (χ2n) is 5.03. The molecule has 0 spiro atoms. The minimum Gasteiger partial charge on any atom is -0.307 e. The van der Waals surface area contributed by atoms with Crippen molar-refractivity contribution < 1.29 is 4.79 Å². The quantitative estimate of drug-likeness (QED) is 0.698. The lowest BCUT2D eigenvalue weighted by Crippen LogP contribution is -2.22. The number of fused-ring (bicyclic) bond motifs is 4. The van der Waals surface area contributed by atoms with Gasteiger partial charge in [-0.25, -0.2) is 0 Å². The van der Waals surface area contributed by atoms with Gasteiger partial charge in [-0.15, -0.1) is 0 Å². The van der Waals surface area contributed by atoms with E-state index < -0.39 is 0 Å². The van der Waals surface area contributed by atoms with Crippen LogP contribution in [0.5, 0.6) is 0 Å². The molecule has 0 fully saturated rings. The Balaban J connectivity index is 1.88. The number of carbonyl (C=O) groups excluding carboxylic acids is 1. The van der Waals surface area contributed by atoms with Crippen LogP contribution in [0, 0.1) is 0 Å². The van der Waals surface area contributed by atoms with Crippen molar-refractivity contribution in [1.29, 1.82) is 0 Å². The minimum atomic E-state index is 0.115. The molecule has 4 rings (SSSR count). The maximum atomic E-state index is 12.4. The molecule has 2 heteroatoms. The molecule has 2 aliphatic heterocycles. The summed E-state index contributed by atoms with van der Waals surface area (Å²) < 4.78 is 0. The van der Waals surface area contributed by atoms with Crippen molar-refractivity contribution >= 4 is 12.0 Å². The van der Waals surface area contributed by atoms with Crippen molar-refractivity contribution in [3.63, 3.8) is 0 Å². The summed E-state index contributed by atoms with van der Waals surface area (Å²) in [5.74, 6) is 0.115. The first-order valence-electron chi connectivity index (χ1n) is 6.52. The Labute approximate surface area is 112 Å². The minimum absolute atomic E-state index is 0.115. The van der Waals surface area contributed by atoms with E-state index >= 15 is 0 Å². The molecule has 0 saturated heterocycles. The lowest BCUT2D eigenvalue weighted by atomic mass is 9.96. The fraction of sp³-hybridized carbons (Fsp3) is 0.118.